The third-order valence-corrected chi connectivity index (χ3v) is 3.79. The summed E-state index contributed by atoms with van der Waals surface area (Å²) in [6.07, 6.45) is 6.64. The van der Waals surface area contributed by atoms with Crippen molar-refractivity contribution in [2.24, 2.45) is 5.92 Å². The van der Waals surface area contributed by atoms with Crippen molar-refractivity contribution in [2.45, 2.75) is 38.1 Å². The van der Waals surface area contributed by atoms with E-state index in [2.05, 4.69) is 15.5 Å². The molecule has 1 saturated carbocycles. The van der Waals surface area contributed by atoms with Crippen LogP contribution in [0.3, 0.4) is 0 Å². The SMILES string of the molecule is O=C(CCc1nc(-c2ccoc2)no1)NC(CCO)C1CC1. The van der Waals surface area contributed by atoms with Crippen LogP contribution in [0.2, 0.25) is 0 Å². The van der Waals surface area contributed by atoms with E-state index < -0.39 is 0 Å². The Hall–Kier alpha value is -2.15. The van der Waals surface area contributed by atoms with E-state index in [0.29, 0.717) is 36.9 Å². The number of aliphatic hydroxyl groups excluding tert-OH is 1. The summed E-state index contributed by atoms with van der Waals surface area (Å²) < 4.78 is 10.1. The number of aromatic nitrogens is 2. The maximum absolute atomic E-state index is 12.0. The smallest absolute Gasteiger partial charge is 0.227 e. The zero-order chi connectivity index (χ0) is 15.4. The van der Waals surface area contributed by atoms with Crippen LogP contribution in [0, 0.1) is 5.92 Å². The van der Waals surface area contributed by atoms with Gasteiger partial charge < -0.3 is 19.4 Å². The summed E-state index contributed by atoms with van der Waals surface area (Å²) in [6.45, 7) is 0.0964. The fourth-order valence-electron chi connectivity index (χ4n) is 2.43. The molecule has 2 aromatic rings. The van der Waals surface area contributed by atoms with Crippen LogP contribution in [0.25, 0.3) is 11.4 Å². The molecular weight excluding hydrogens is 286 g/mol. The molecular formula is C15H19N3O4. The molecule has 0 bridgehead atoms. The summed E-state index contributed by atoms with van der Waals surface area (Å²) in [7, 11) is 0. The number of hydrogen-bond donors (Lipinski definition) is 2. The Morgan fingerprint density at radius 2 is 2.36 bits per heavy atom. The third-order valence-electron chi connectivity index (χ3n) is 3.79. The standard InChI is InChI=1S/C15H19N3O4/c19-7-5-12(10-1-2-10)16-13(20)3-4-14-17-15(18-22-14)11-6-8-21-9-11/h6,8-10,12,19H,1-5,7H2,(H,16,20). The predicted octanol–water partition coefficient (Wildman–Crippen LogP) is 1.54. The first-order valence-corrected chi connectivity index (χ1v) is 7.51. The molecule has 1 amide bonds. The number of hydrogen-bond acceptors (Lipinski definition) is 6. The highest BCUT2D eigenvalue weighted by Gasteiger charge is 2.31. The lowest BCUT2D eigenvalue weighted by molar-refractivity contribution is -0.122. The van der Waals surface area contributed by atoms with Crippen LogP contribution in [-0.4, -0.2) is 33.8 Å². The van der Waals surface area contributed by atoms with Crippen molar-refractivity contribution in [3.05, 3.63) is 24.5 Å². The number of rotatable bonds is 8. The van der Waals surface area contributed by atoms with Crippen LogP contribution < -0.4 is 5.32 Å². The second kappa shape index (κ2) is 6.74. The molecule has 1 aliphatic rings. The van der Waals surface area contributed by atoms with Gasteiger partial charge in [-0.15, -0.1) is 0 Å². The zero-order valence-electron chi connectivity index (χ0n) is 12.2. The van der Waals surface area contributed by atoms with Crippen LogP contribution in [-0.2, 0) is 11.2 Å². The first-order chi connectivity index (χ1) is 10.8. The molecule has 3 rings (SSSR count). The minimum Gasteiger partial charge on any atom is -0.472 e. The van der Waals surface area contributed by atoms with E-state index >= 15 is 0 Å². The fraction of sp³-hybridized carbons (Fsp3) is 0.533. The molecule has 118 valence electrons. The van der Waals surface area contributed by atoms with Crippen molar-refractivity contribution in [2.75, 3.05) is 6.61 Å². The average molecular weight is 305 g/mol. The maximum atomic E-state index is 12.0. The molecule has 0 radical (unpaired) electrons. The quantitative estimate of drug-likeness (QED) is 0.767. The molecule has 0 aliphatic heterocycles. The summed E-state index contributed by atoms with van der Waals surface area (Å²) >= 11 is 0. The number of furan rings is 1. The fourth-order valence-corrected chi connectivity index (χ4v) is 2.43. The Morgan fingerprint density at radius 1 is 1.50 bits per heavy atom. The minimum absolute atomic E-state index is 0.0478. The maximum Gasteiger partial charge on any atom is 0.227 e. The summed E-state index contributed by atoms with van der Waals surface area (Å²) in [4.78, 5) is 16.2. The number of carbonyl (C=O) groups is 1. The number of amides is 1. The molecule has 2 aromatic heterocycles. The third kappa shape index (κ3) is 3.73. The lowest BCUT2D eigenvalue weighted by Gasteiger charge is -2.16. The number of nitrogens with one attached hydrogen (secondary N) is 1. The van der Waals surface area contributed by atoms with Gasteiger partial charge in [-0.1, -0.05) is 5.16 Å². The molecule has 0 saturated heterocycles. The molecule has 0 aromatic carbocycles. The Bertz CT molecular complexity index is 604. The molecule has 1 aliphatic carbocycles. The monoisotopic (exact) mass is 305 g/mol. The van der Waals surface area contributed by atoms with Gasteiger partial charge in [0.15, 0.2) is 0 Å². The van der Waals surface area contributed by atoms with Crippen LogP contribution in [0.4, 0.5) is 0 Å². The van der Waals surface area contributed by atoms with E-state index in [1.54, 1.807) is 6.07 Å². The molecule has 2 heterocycles. The van der Waals surface area contributed by atoms with Crippen molar-refractivity contribution in [1.29, 1.82) is 0 Å². The number of aliphatic hydroxyl groups is 1. The van der Waals surface area contributed by atoms with Gasteiger partial charge in [0, 0.05) is 25.5 Å². The Labute approximate surface area is 127 Å². The van der Waals surface area contributed by atoms with Crippen LogP contribution in [0.1, 0.15) is 31.6 Å². The van der Waals surface area contributed by atoms with E-state index in [1.165, 1.54) is 12.5 Å². The van der Waals surface area contributed by atoms with Crippen molar-refractivity contribution in [1.82, 2.24) is 15.5 Å². The highest BCUT2D eigenvalue weighted by molar-refractivity contribution is 5.76. The molecule has 1 atom stereocenters. The van der Waals surface area contributed by atoms with Gasteiger partial charge in [-0.05, 0) is 31.2 Å². The van der Waals surface area contributed by atoms with E-state index in [4.69, 9.17) is 14.0 Å². The summed E-state index contributed by atoms with van der Waals surface area (Å²) in [5.41, 5.74) is 0.746. The molecule has 7 heteroatoms. The number of nitrogens with zero attached hydrogens (tertiary/aromatic N) is 2. The van der Waals surface area contributed by atoms with Gasteiger partial charge in [0.05, 0.1) is 11.8 Å². The largest absolute Gasteiger partial charge is 0.472 e. The summed E-state index contributed by atoms with van der Waals surface area (Å²) in [6, 6.07) is 1.83. The molecule has 2 N–H and O–H groups in total. The van der Waals surface area contributed by atoms with Gasteiger partial charge in [0.25, 0.3) is 0 Å². The molecule has 7 nitrogen and oxygen atoms in total. The van der Waals surface area contributed by atoms with Gasteiger partial charge >= 0.3 is 0 Å². The van der Waals surface area contributed by atoms with Gasteiger partial charge in [0.1, 0.15) is 6.26 Å². The molecule has 22 heavy (non-hydrogen) atoms. The van der Waals surface area contributed by atoms with Crippen molar-refractivity contribution < 1.29 is 18.8 Å². The Morgan fingerprint density at radius 3 is 3.05 bits per heavy atom. The van der Waals surface area contributed by atoms with Crippen LogP contribution >= 0.6 is 0 Å². The second-order valence-electron chi connectivity index (χ2n) is 5.55. The van der Waals surface area contributed by atoms with Crippen LogP contribution in [0.5, 0.6) is 0 Å². The number of carbonyl (C=O) groups excluding carboxylic acids is 1. The molecule has 1 unspecified atom stereocenters. The predicted molar refractivity (Wildman–Crippen MR) is 76.7 cm³/mol. The zero-order valence-corrected chi connectivity index (χ0v) is 12.2. The summed E-state index contributed by atoms with van der Waals surface area (Å²) in [5, 5.41) is 15.9. The van der Waals surface area contributed by atoms with Gasteiger partial charge in [-0.2, -0.15) is 4.98 Å². The normalized spacial score (nSPS) is 15.7. The molecule has 0 spiro atoms. The van der Waals surface area contributed by atoms with Crippen molar-refractivity contribution in [3.8, 4) is 11.4 Å². The molecule has 1 fully saturated rings. The van der Waals surface area contributed by atoms with E-state index in [0.717, 1.165) is 18.4 Å². The highest BCUT2D eigenvalue weighted by atomic mass is 16.5. The second-order valence-corrected chi connectivity index (χ2v) is 5.55. The van der Waals surface area contributed by atoms with Crippen LogP contribution in [0.15, 0.2) is 27.5 Å². The van der Waals surface area contributed by atoms with Gasteiger partial charge in [0.2, 0.25) is 17.6 Å². The Balaban J connectivity index is 1.48. The minimum atomic E-state index is -0.0478. The van der Waals surface area contributed by atoms with E-state index in [1.807, 2.05) is 0 Å². The first kappa shape index (κ1) is 14.8. The Kier molecular flexibility index (Phi) is 4.53. The van der Waals surface area contributed by atoms with Crippen molar-refractivity contribution >= 4 is 5.91 Å². The first-order valence-electron chi connectivity index (χ1n) is 7.51. The van der Waals surface area contributed by atoms with E-state index in [-0.39, 0.29) is 18.6 Å². The van der Waals surface area contributed by atoms with Crippen molar-refractivity contribution in [3.63, 3.8) is 0 Å². The van der Waals surface area contributed by atoms with Gasteiger partial charge in [-0.3, -0.25) is 4.79 Å². The average Bonchev–Trinajstić information content (AvgIpc) is 3.02. The lowest BCUT2D eigenvalue weighted by atomic mass is 10.1. The summed E-state index contributed by atoms with van der Waals surface area (Å²) in [5.74, 6) is 1.36. The lowest BCUT2D eigenvalue weighted by Crippen LogP contribution is -2.37. The topological polar surface area (TPSA) is 101 Å². The van der Waals surface area contributed by atoms with Gasteiger partial charge in [-0.25, -0.2) is 0 Å². The number of aryl methyl sites for hydroxylation is 1. The highest BCUT2D eigenvalue weighted by Crippen LogP contribution is 2.33. The van der Waals surface area contributed by atoms with E-state index in [9.17, 15) is 4.79 Å².